The van der Waals surface area contributed by atoms with Gasteiger partial charge < -0.3 is 9.80 Å². The van der Waals surface area contributed by atoms with Crippen LogP contribution < -0.4 is 4.90 Å². The molecule has 1 aliphatic carbocycles. The van der Waals surface area contributed by atoms with Crippen LogP contribution in [-0.2, 0) is 0 Å². The van der Waals surface area contributed by atoms with Crippen molar-refractivity contribution in [2.75, 3.05) is 37.6 Å². The van der Waals surface area contributed by atoms with Crippen LogP contribution in [0.2, 0.25) is 0 Å². The summed E-state index contributed by atoms with van der Waals surface area (Å²) in [5.74, 6) is 2.61. The summed E-state index contributed by atoms with van der Waals surface area (Å²) < 4.78 is 1.94. The Labute approximate surface area is 145 Å². The predicted octanol–water partition coefficient (Wildman–Crippen LogP) is 1.61. The van der Waals surface area contributed by atoms with Gasteiger partial charge in [0.05, 0.1) is 6.54 Å². The molecule has 0 N–H and O–H groups in total. The van der Waals surface area contributed by atoms with Gasteiger partial charge in [-0.3, -0.25) is 4.99 Å². The minimum absolute atomic E-state index is 0.555. The van der Waals surface area contributed by atoms with E-state index in [9.17, 15) is 0 Å². The lowest BCUT2D eigenvalue weighted by Gasteiger charge is -2.36. The molecule has 2 aromatic rings. The molecule has 1 atom stereocenters. The third kappa shape index (κ3) is 2.53. The first-order valence-corrected chi connectivity index (χ1v) is 9.59. The molecule has 0 aromatic carbocycles. The topological polar surface area (TPSA) is 61.9 Å². The number of fused-ring (bicyclic) bond motifs is 1. The highest BCUT2D eigenvalue weighted by Crippen LogP contribution is 2.38. The fraction of sp³-hybridized carbons (Fsp3) is 0.625. The molecule has 0 amide bonds. The summed E-state index contributed by atoms with van der Waals surface area (Å²) in [7, 11) is 0. The fourth-order valence-electron chi connectivity index (χ4n) is 3.32. The van der Waals surface area contributed by atoms with Gasteiger partial charge in [-0.25, -0.2) is 0 Å². The fourth-order valence-corrected chi connectivity index (χ4v) is 4.31. The van der Waals surface area contributed by atoms with E-state index in [2.05, 4.69) is 38.0 Å². The molecule has 1 saturated carbocycles. The zero-order valence-corrected chi connectivity index (χ0v) is 14.6. The van der Waals surface area contributed by atoms with Crippen LogP contribution in [0.1, 0.15) is 31.5 Å². The first kappa shape index (κ1) is 14.5. The maximum absolute atomic E-state index is 4.82. The quantitative estimate of drug-likeness (QED) is 0.826. The Bertz CT molecular complexity index is 789. The molecular formula is C16H21N7S. The van der Waals surface area contributed by atoms with Crippen LogP contribution in [0.5, 0.6) is 0 Å². The molecule has 5 rings (SSSR count). The van der Waals surface area contributed by atoms with Crippen molar-refractivity contribution < 1.29 is 0 Å². The number of anilines is 1. The first-order valence-electron chi connectivity index (χ1n) is 8.71. The van der Waals surface area contributed by atoms with Crippen LogP contribution in [0.15, 0.2) is 17.1 Å². The highest BCUT2D eigenvalue weighted by atomic mass is 32.2. The largest absolute Gasteiger partial charge is 0.352 e. The molecule has 0 unspecified atom stereocenters. The Kier molecular flexibility index (Phi) is 3.39. The average Bonchev–Trinajstić information content (AvgIpc) is 3.22. The molecule has 126 valence electrons. The number of nitrogens with zero attached hydrogens (tertiary/aromatic N) is 7. The molecule has 8 heteroatoms. The lowest BCUT2D eigenvalue weighted by Crippen LogP contribution is -2.48. The molecule has 1 saturated heterocycles. The van der Waals surface area contributed by atoms with Crippen molar-refractivity contribution in [1.29, 1.82) is 0 Å². The molecule has 2 fully saturated rings. The number of hydrogen-bond donors (Lipinski definition) is 0. The number of amidine groups is 1. The summed E-state index contributed by atoms with van der Waals surface area (Å²) in [6.07, 6.45) is 2.42. The smallest absolute Gasteiger partial charge is 0.178 e. The van der Waals surface area contributed by atoms with Crippen molar-refractivity contribution in [3.63, 3.8) is 0 Å². The van der Waals surface area contributed by atoms with Crippen molar-refractivity contribution in [2.24, 2.45) is 4.99 Å². The second kappa shape index (κ2) is 5.61. The lowest BCUT2D eigenvalue weighted by atomic mass is 10.3. The van der Waals surface area contributed by atoms with Crippen molar-refractivity contribution >= 4 is 28.4 Å². The van der Waals surface area contributed by atoms with Crippen LogP contribution in [-0.4, -0.2) is 67.9 Å². The Balaban J connectivity index is 1.32. The van der Waals surface area contributed by atoms with Crippen LogP contribution >= 0.6 is 11.8 Å². The Hall–Kier alpha value is -1.83. The van der Waals surface area contributed by atoms with Crippen LogP contribution in [0.4, 0.5) is 5.82 Å². The molecular weight excluding hydrogens is 322 g/mol. The molecule has 0 radical (unpaired) electrons. The number of thioether (sulfide) groups is 1. The van der Waals surface area contributed by atoms with Gasteiger partial charge in [0.25, 0.3) is 0 Å². The van der Waals surface area contributed by atoms with Gasteiger partial charge in [-0.2, -0.15) is 4.52 Å². The summed E-state index contributed by atoms with van der Waals surface area (Å²) in [6, 6.07) is 4.10. The van der Waals surface area contributed by atoms with Gasteiger partial charge >= 0.3 is 0 Å². The van der Waals surface area contributed by atoms with E-state index < -0.39 is 0 Å². The van der Waals surface area contributed by atoms with E-state index in [4.69, 9.17) is 5.10 Å². The molecule has 4 heterocycles. The van der Waals surface area contributed by atoms with Crippen molar-refractivity contribution in [3.05, 3.63) is 18.0 Å². The van der Waals surface area contributed by atoms with Gasteiger partial charge in [-0.1, -0.05) is 18.7 Å². The highest BCUT2D eigenvalue weighted by molar-refractivity contribution is 8.14. The molecule has 0 spiro atoms. The highest BCUT2D eigenvalue weighted by Gasteiger charge is 2.30. The number of aromatic nitrogens is 4. The van der Waals surface area contributed by atoms with Crippen molar-refractivity contribution in [3.8, 4) is 0 Å². The molecule has 0 bridgehead atoms. The van der Waals surface area contributed by atoms with Crippen LogP contribution in [0.3, 0.4) is 0 Å². The summed E-state index contributed by atoms with van der Waals surface area (Å²) in [5, 5.41) is 15.2. The molecule has 7 nitrogen and oxygen atoms in total. The van der Waals surface area contributed by atoms with E-state index in [1.807, 2.05) is 22.3 Å². The zero-order valence-electron chi connectivity index (χ0n) is 13.8. The Morgan fingerprint density at radius 2 is 1.83 bits per heavy atom. The third-order valence-corrected chi connectivity index (χ3v) is 6.03. The van der Waals surface area contributed by atoms with Crippen LogP contribution in [0.25, 0.3) is 5.65 Å². The van der Waals surface area contributed by atoms with E-state index >= 15 is 0 Å². The summed E-state index contributed by atoms with van der Waals surface area (Å²) in [6.45, 7) is 7.18. The Morgan fingerprint density at radius 3 is 2.54 bits per heavy atom. The van der Waals surface area contributed by atoms with Gasteiger partial charge in [-0.05, 0) is 25.0 Å². The molecule has 3 aliphatic rings. The molecule has 24 heavy (non-hydrogen) atoms. The van der Waals surface area contributed by atoms with E-state index in [-0.39, 0.29) is 0 Å². The lowest BCUT2D eigenvalue weighted by molar-refractivity contribution is 0.390. The normalized spacial score (nSPS) is 24.7. The summed E-state index contributed by atoms with van der Waals surface area (Å²) >= 11 is 1.91. The van der Waals surface area contributed by atoms with E-state index in [0.29, 0.717) is 11.2 Å². The monoisotopic (exact) mass is 343 g/mol. The van der Waals surface area contributed by atoms with E-state index in [1.54, 1.807) is 0 Å². The SMILES string of the molecule is C[C@H]1CN=C(N2CCN(c3ccc4nnc(C5CC5)n4n3)CC2)S1. The number of rotatable bonds is 2. The van der Waals surface area contributed by atoms with E-state index in [0.717, 1.165) is 50.0 Å². The van der Waals surface area contributed by atoms with Crippen LogP contribution in [0, 0.1) is 0 Å². The predicted molar refractivity (Wildman–Crippen MR) is 95.9 cm³/mol. The number of piperazine rings is 1. The van der Waals surface area contributed by atoms with Gasteiger partial charge in [0.15, 0.2) is 16.6 Å². The zero-order chi connectivity index (χ0) is 16.1. The van der Waals surface area contributed by atoms with Gasteiger partial charge in [0, 0.05) is 37.3 Å². The maximum atomic E-state index is 4.82. The standard InChI is InChI=1S/C16H21N7S/c1-11-10-17-16(24-11)22-8-6-21(7-9-22)14-5-4-13-18-19-15(12-2-3-12)23(13)20-14/h4-5,11-12H,2-3,6-10H2,1H3/t11-/m0/s1. The Morgan fingerprint density at radius 1 is 1.04 bits per heavy atom. The minimum atomic E-state index is 0.555. The first-order chi connectivity index (χ1) is 11.8. The van der Waals surface area contributed by atoms with Gasteiger partial charge in [-0.15, -0.1) is 15.3 Å². The maximum Gasteiger partial charge on any atom is 0.178 e. The van der Waals surface area contributed by atoms with Gasteiger partial charge in [0.2, 0.25) is 0 Å². The second-order valence-corrected chi connectivity index (χ2v) is 8.23. The second-order valence-electron chi connectivity index (χ2n) is 6.82. The number of aliphatic imine (C=N–C) groups is 1. The van der Waals surface area contributed by atoms with E-state index in [1.165, 1.54) is 18.0 Å². The summed E-state index contributed by atoms with van der Waals surface area (Å²) in [4.78, 5) is 9.43. The summed E-state index contributed by atoms with van der Waals surface area (Å²) in [5.41, 5.74) is 0.852. The minimum Gasteiger partial charge on any atom is -0.352 e. The molecule has 2 aromatic heterocycles. The average molecular weight is 343 g/mol. The van der Waals surface area contributed by atoms with Crippen molar-refractivity contribution in [2.45, 2.75) is 30.9 Å². The van der Waals surface area contributed by atoms with Gasteiger partial charge in [0.1, 0.15) is 5.82 Å². The van der Waals surface area contributed by atoms with Crippen molar-refractivity contribution in [1.82, 2.24) is 24.7 Å². The third-order valence-electron chi connectivity index (χ3n) is 4.88. The molecule has 2 aliphatic heterocycles. The number of hydrogen-bond acceptors (Lipinski definition) is 7.